The number of hydrogen-bond donors (Lipinski definition) is 1. The predicted molar refractivity (Wildman–Crippen MR) is 133 cm³/mol. The lowest BCUT2D eigenvalue weighted by Gasteiger charge is -2.31. The maximum Gasteiger partial charge on any atom is 0.243 e. The summed E-state index contributed by atoms with van der Waals surface area (Å²) in [5.41, 5.74) is 4.73. The van der Waals surface area contributed by atoms with Gasteiger partial charge in [0.05, 0.1) is 0 Å². The van der Waals surface area contributed by atoms with Gasteiger partial charge < -0.3 is 10.2 Å². The van der Waals surface area contributed by atoms with Gasteiger partial charge in [0.25, 0.3) is 0 Å². The summed E-state index contributed by atoms with van der Waals surface area (Å²) in [6, 6.07) is 16.1. The van der Waals surface area contributed by atoms with Crippen molar-refractivity contribution in [3.8, 4) is 0 Å². The van der Waals surface area contributed by atoms with Crippen LogP contribution in [0.5, 0.6) is 0 Å². The highest BCUT2D eigenvalue weighted by atomic mass is 16.2. The molecule has 4 heteroatoms. The van der Waals surface area contributed by atoms with Gasteiger partial charge in [-0.2, -0.15) is 0 Å². The first kappa shape index (κ1) is 25.6. The van der Waals surface area contributed by atoms with Crippen molar-refractivity contribution in [1.29, 1.82) is 0 Å². The second kappa shape index (κ2) is 11.3. The standard InChI is InChI=1S/C28H40N2O2/c1-8-25(27(32)29-20(2)3)30(19-23-12-10-9-11-21(23)4)26(31)18-15-22-13-16-24(17-14-22)28(5,6)7/h9-14,16-17,20,25H,8,15,18-19H2,1-7H3,(H,29,32). The average molecular weight is 437 g/mol. The predicted octanol–water partition coefficient (Wildman–Crippen LogP) is 5.56. The van der Waals surface area contributed by atoms with Gasteiger partial charge in [-0.3, -0.25) is 9.59 Å². The van der Waals surface area contributed by atoms with Crippen molar-refractivity contribution >= 4 is 11.8 Å². The van der Waals surface area contributed by atoms with Crippen molar-refractivity contribution in [3.05, 3.63) is 70.8 Å². The van der Waals surface area contributed by atoms with Gasteiger partial charge in [-0.25, -0.2) is 0 Å². The second-order valence-electron chi connectivity index (χ2n) is 9.98. The van der Waals surface area contributed by atoms with E-state index in [1.807, 2.05) is 52.0 Å². The molecule has 0 aliphatic heterocycles. The van der Waals surface area contributed by atoms with Crippen molar-refractivity contribution in [2.45, 2.75) is 91.8 Å². The molecule has 1 atom stereocenters. The molecule has 0 bridgehead atoms. The normalized spacial score (nSPS) is 12.5. The molecule has 0 aliphatic rings. The largest absolute Gasteiger partial charge is 0.352 e. The van der Waals surface area contributed by atoms with Gasteiger partial charge in [-0.05, 0) is 61.3 Å². The summed E-state index contributed by atoms with van der Waals surface area (Å²) >= 11 is 0. The van der Waals surface area contributed by atoms with Gasteiger partial charge in [0.15, 0.2) is 0 Å². The summed E-state index contributed by atoms with van der Waals surface area (Å²) in [5.74, 6) is -0.0714. The van der Waals surface area contributed by atoms with Gasteiger partial charge in [0, 0.05) is 19.0 Å². The van der Waals surface area contributed by atoms with E-state index >= 15 is 0 Å². The van der Waals surface area contributed by atoms with Crippen molar-refractivity contribution in [2.24, 2.45) is 0 Å². The molecule has 2 aromatic carbocycles. The zero-order valence-electron chi connectivity index (χ0n) is 20.9. The first-order valence-corrected chi connectivity index (χ1v) is 11.8. The van der Waals surface area contributed by atoms with Gasteiger partial charge in [0.2, 0.25) is 11.8 Å². The Kier molecular flexibility index (Phi) is 9.06. The molecule has 0 aromatic heterocycles. The Balaban J connectivity index is 2.20. The van der Waals surface area contributed by atoms with Crippen LogP contribution >= 0.6 is 0 Å². The third-order valence-electron chi connectivity index (χ3n) is 5.87. The number of amides is 2. The molecule has 0 radical (unpaired) electrons. The van der Waals surface area contributed by atoms with Gasteiger partial charge >= 0.3 is 0 Å². The van der Waals surface area contributed by atoms with Crippen LogP contribution in [0.4, 0.5) is 0 Å². The molecule has 1 unspecified atom stereocenters. The van der Waals surface area contributed by atoms with Gasteiger partial charge in [0.1, 0.15) is 6.04 Å². The van der Waals surface area contributed by atoms with Crippen LogP contribution in [-0.2, 0) is 28.0 Å². The fourth-order valence-electron chi connectivity index (χ4n) is 3.84. The summed E-state index contributed by atoms with van der Waals surface area (Å²) < 4.78 is 0. The van der Waals surface area contributed by atoms with Crippen molar-refractivity contribution in [1.82, 2.24) is 10.2 Å². The minimum absolute atomic E-state index is 0.0129. The zero-order valence-corrected chi connectivity index (χ0v) is 20.9. The third-order valence-corrected chi connectivity index (χ3v) is 5.87. The highest BCUT2D eigenvalue weighted by molar-refractivity contribution is 5.87. The number of carbonyl (C=O) groups excluding carboxylic acids is 2. The van der Waals surface area contributed by atoms with E-state index in [9.17, 15) is 9.59 Å². The Morgan fingerprint density at radius 3 is 2.16 bits per heavy atom. The van der Waals surface area contributed by atoms with E-state index in [0.29, 0.717) is 25.8 Å². The summed E-state index contributed by atoms with van der Waals surface area (Å²) in [4.78, 5) is 28.1. The molecule has 0 fully saturated rings. The fourth-order valence-corrected chi connectivity index (χ4v) is 3.84. The van der Waals surface area contributed by atoms with E-state index in [1.165, 1.54) is 5.56 Å². The van der Waals surface area contributed by atoms with E-state index in [1.54, 1.807) is 4.90 Å². The smallest absolute Gasteiger partial charge is 0.243 e. The van der Waals surface area contributed by atoms with Gasteiger partial charge in [-0.15, -0.1) is 0 Å². The molecule has 2 rings (SSSR count). The Hall–Kier alpha value is -2.62. The molecule has 0 saturated carbocycles. The minimum atomic E-state index is -0.479. The molecular formula is C28H40N2O2. The summed E-state index contributed by atoms with van der Waals surface area (Å²) in [7, 11) is 0. The molecule has 174 valence electrons. The Labute approximate surface area is 194 Å². The lowest BCUT2D eigenvalue weighted by Crippen LogP contribution is -2.50. The number of hydrogen-bond acceptors (Lipinski definition) is 2. The Morgan fingerprint density at radius 1 is 1.00 bits per heavy atom. The molecule has 32 heavy (non-hydrogen) atoms. The maximum atomic E-state index is 13.4. The monoisotopic (exact) mass is 436 g/mol. The van der Waals surface area contributed by atoms with Crippen molar-refractivity contribution < 1.29 is 9.59 Å². The number of aryl methyl sites for hydroxylation is 2. The first-order valence-electron chi connectivity index (χ1n) is 11.8. The number of benzene rings is 2. The molecule has 0 heterocycles. The lowest BCUT2D eigenvalue weighted by atomic mass is 9.86. The molecule has 1 N–H and O–H groups in total. The fraction of sp³-hybridized carbons (Fsp3) is 0.500. The second-order valence-corrected chi connectivity index (χ2v) is 9.98. The molecule has 0 spiro atoms. The van der Waals surface area contributed by atoms with E-state index in [4.69, 9.17) is 0 Å². The molecular weight excluding hydrogens is 396 g/mol. The van der Waals surface area contributed by atoms with Crippen LogP contribution in [0, 0.1) is 6.92 Å². The number of carbonyl (C=O) groups is 2. The van der Waals surface area contributed by atoms with Gasteiger partial charge in [-0.1, -0.05) is 76.2 Å². The van der Waals surface area contributed by atoms with E-state index in [2.05, 4.69) is 50.4 Å². The van der Waals surface area contributed by atoms with Crippen molar-refractivity contribution in [2.75, 3.05) is 0 Å². The van der Waals surface area contributed by atoms with Crippen LogP contribution in [0.2, 0.25) is 0 Å². The summed E-state index contributed by atoms with van der Waals surface area (Å²) in [5, 5.41) is 2.99. The molecule has 2 aromatic rings. The third kappa shape index (κ3) is 7.22. The Bertz CT molecular complexity index is 894. The SMILES string of the molecule is CCC(C(=O)NC(C)C)N(Cc1ccccc1C)C(=O)CCc1ccc(C(C)(C)C)cc1. The number of nitrogens with zero attached hydrogens (tertiary/aromatic N) is 1. The highest BCUT2D eigenvalue weighted by Crippen LogP contribution is 2.23. The van der Waals surface area contributed by atoms with Crippen LogP contribution in [0.15, 0.2) is 48.5 Å². The molecule has 0 aliphatic carbocycles. The van der Waals surface area contributed by atoms with Crippen molar-refractivity contribution in [3.63, 3.8) is 0 Å². The zero-order chi connectivity index (χ0) is 23.9. The summed E-state index contributed by atoms with van der Waals surface area (Å²) in [6.45, 7) is 14.9. The topological polar surface area (TPSA) is 49.4 Å². The van der Waals surface area contributed by atoms with E-state index < -0.39 is 6.04 Å². The maximum absolute atomic E-state index is 13.4. The highest BCUT2D eigenvalue weighted by Gasteiger charge is 2.29. The van der Waals surface area contributed by atoms with Crippen LogP contribution in [0.3, 0.4) is 0 Å². The van der Waals surface area contributed by atoms with Crippen LogP contribution in [0.25, 0.3) is 0 Å². The quantitative estimate of drug-likeness (QED) is 0.560. The van der Waals surface area contributed by atoms with Crippen LogP contribution in [0.1, 0.15) is 76.6 Å². The van der Waals surface area contributed by atoms with E-state index in [-0.39, 0.29) is 23.3 Å². The Morgan fingerprint density at radius 2 is 1.62 bits per heavy atom. The first-order chi connectivity index (χ1) is 15.0. The lowest BCUT2D eigenvalue weighted by molar-refractivity contribution is -0.141. The molecule has 4 nitrogen and oxygen atoms in total. The van der Waals surface area contributed by atoms with E-state index in [0.717, 1.165) is 16.7 Å². The molecule has 0 saturated heterocycles. The minimum Gasteiger partial charge on any atom is -0.352 e. The number of rotatable bonds is 9. The average Bonchev–Trinajstić information content (AvgIpc) is 2.72. The number of nitrogens with one attached hydrogen (secondary N) is 1. The van der Waals surface area contributed by atoms with Crippen LogP contribution in [-0.4, -0.2) is 28.8 Å². The molecule has 2 amide bonds. The van der Waals surface area contributed by atoms with Crippen LogP contribution < -0.4 is 5.32 Å². The summed E-state index contributed by atoms with van der Waals surface area (Å²) in [6.07, 6.45) is 1.62.